The minimum Gasteiger partial charge on any atom is -0.407 e. The fraction of sp³-hybridized carbons (Fsp3) is 0.400. The SMILES string of the molecule is CC(C)(C)C(=O)Nc1nnc(Cc2ccc(S(C)(=O)=O)cc2)o1. The van der Waals surface area contributed by atoms with Crippen molar-refractivity contribution >= 4 is 21.8 Å². The molecule has 0 aliphatic rings. The van der Waals surface area contributed by atoms with E-state index in [-0.39, 0.29) is 16.8 Å². The summed E-state index contributed by atoms with van der Waals surface area (Å²) in [5.74, 6) is 0.117. The molecule has 0 saturated heterocycles. The summed E-state index contributed by atoms with van der Waals surface area (Å²) in [5.41, 5.74) is 0.269. The van der Waals surface area contributed by atoms with Gasteiger partial charge in [-0.15, -0.1) is 5.10 Å². The monoisotopic (exact) mass is 337 g/mol. The van der Waals surface area contributed by atoms with Crippen molar-refractivity contribution in [2.45, 2.75) is 32.1 Å². The van der Waals surface area contributed by atoms with Crippen LogP contribution in [0.25, 0.3) is 0 Å². The van der Waals surface area contributed by atoms with Gasteiger partial charge >= 0.3 is 6.01 Å². The Bertz CT molecular complexity index is 802. The van der Waals surface area contributed by atoms with Crippen LogP contribution in [0.5, 0.6) is 0 Å². The van der Waals surface area contributed by atoms with E-state index in [1.54, 1.807) is 32.9 Å². The summed E-state index contributed by atoms with van der Waals surface area (Å²) >= 11 is 0. The summed E-state index contributed by atoms with van der Waals surface area (Å²) in [6.07, 6.45) is 1.51. The van der Waals surface area contributed by atoms with Crippen LogP contribution in [-0.2, 0) is 21.1 Å². The standard InChI is InChI=1S/C15H19N3O4S/c1-15(2,3)13(19)16-14-18-17-12(22-14)9-10-5-7-11(8-6-10)23(4,20)21/h5-8H,9H2,1-4H3,(H,16,18,19). The van der Waals surface area contributed by atoms with Crippen LogP contribution in [-0.4, -0.2) is 30.8 Å². The van der Waals surface area contributed by atoms with E-state index in [0.717, 1.165) is 11.8 Å². The van der Waals surface area contributed by atoms with Crippen LogP contribution >= 0.6 is 0 Å². The Morgan fingerprint density at radius 2 is 1.78 bits per heavy atom. The molecule has 1 heterocycles. The molecule has 0 spiro atoms. The van der Waals surface area contributed by atoms with Crippen LogP contribution in [0.3, 0.4) is 0 Å². The average molecular weight is 337 g/mol. The third kappa shape index (κ3) is 4.62. The van der Waals surface area contributed by atoms with Crippen LogP contribution in [0, 0.1) is 5.41 Å². The maximum Gasteiger partial charge on any atom is 0.322 e. The van der Waals surface area contributed by atoms with Crippen molar-refractivity contribution in [3.63, 3.8) is 0 Å². The number of sulfone groups is 1. The normalized spacial score (nSPS) is 12.2. The first kappa shape index (κ1) is 17.1. The molecule has 1 aromatic carbocycles. The van der Waals surface area contributed by atoms with Crippen molar-refractivity contribution in [3.8, 4) is 0 Å². The quantitative estimate of drug-likeness (QED) is 0.916. The highest BCUT2D eigenvalue weighted by atomic mass is 32.2. The Morgan fingerprint density at radius 1 is 1.17 bits per heavy atom. The van der Waals surface area contributed by atoms with Gasteiger partial charge in [-0.25, -0.2) is 8.42 Å². The molecule has 1 aromatic heterocycles. The molecule has 1 amide bonds. The van der Waals surface area contributed by atoms with Crippen LogP contribution in [0.4, 0.5) is 6.01 Å². The molecular weight excluding hydrogens is 318 g/mol. The molecule has 0 bridgehead atoms. The summed E-state index contributed by atoms with van der Waals surface area (Å²) in [4.78, 5) is 12.1. The summed E-state index contributed by atoms with van der Waals surface area (Å²) in [5, 5.41) is 10.2. The third-order valence-corrected chi connectivity index (χ3v) is 4.20. The molecule has 8 heteroatoms. The summed E-state index contributed by atoms with van der Waals surface area (Å²) in [7, 11) is -3.21. The molecule has 0 aliphatic heterocycles. The number of carbonyl (C=O) groups is 1. The maximum atomic E-state index is 11.8. The second kappa shape index (κ2) is 6.11. The zero-order valence-electron chi connectivity index (χ0n) is 13.5. The molecule has 0 saturated carbocycles. The van der Waals surface area contributed by atoms with Crippen molar-refractivity contribution in [3.05, 3.63) is 35.7 Å². The Balaban J connectivity index is 2.06. The third-order valence-electron chi connectivity index (χ3n) is 3.08. The maximum absolute atomic E-state index is 11.8. The lowest BCUT2D eigenvalue weighted by molar-refractivity contribution is -0.123. The highest BCUT2D eigenvalue weighted by molar-refractivity contribution is 7.90. The molecule has 124 valence electrons. The van der Waals surface area contributed by atoms with E-state index in [1.165, 1.54) is 12.1 Å². The van der Waals surface area contributed by atoms with Crippen molar-refractivity contribution in [2.24, 2.45) is 5.41 Å². The zero-order valence-corrected chi connectivity index (χ0v) is 14.3. The lowest BCUT2D eigenvalue weighted by Gasteiger charge is -2.15. The van der Waals surface area contributed by atoms with E-state index >= 15 is 0 Å². The van der Waals surface area contributed by atoms with Gasteiger partial charge in [0.25, 0.3) is 0 Å². The Morgan fingerprint density at radius 3 is 2.30 bits per heavy atom. The summed E-state index contributed by atoms with van der Waals surface area (Å²) in [6.45, 7) is 5.34. The Hall–Kier alpha value is -2.22. The van der Waals surface area contributed by atoms with Gasteiger partial charge in [-0.3, -0.25) is 10.1 Å². The van der Waals surface area contributed by atoms with Gasteiger partial charge in [0.05, 0.1) is 11.3 Å². The van der Waals surface area contributed by atoms with Gasteiger partial charge in [-0.2, -0.15) is 0 Å². The van der Waals surface area contributed by atoms with Gasteiger partial charge in [0.1, 0.15) is 0 Å². The highest BCUT2D eigenvalue weighted by Crippen LogP contribution is 2.18. The van der Waals surface area contributed by atoms with Gasteiger partial charge < -0.3 is 4.42 Å². The zero-order chi connectivity index (χ0) is 17.3. The van der Waals surface area contributed by atoms with E-state index in [9.17, 15) is 13.2 Å². The number of anilines is 1. The minimum atomic E-state index is -3.21. The fourth-order valence-electron chi connectivity index (χ4n) is 1.69. The highest BCUT2D eigenvalue weighted by Gasteiger charge is 2.23. The summed E-state index contributed by atoms with van der Waals surface area (Å²) in [6, 6.07) is 6.49. The molecule has 0 atom stereocenters. The molecule has 2 aromatic rings. The van der Waals surface area contributed by atoms with Crippen LogP contribution in [0.2, 0.25) is 0 Å². The van der Waals surface area contributed by atoms with E-state index in [0.29, 0.717) is 12.3 Å². The Kier molecular flexibility index (Phi) is 4.56. The van der Waals surface area contributed by atoms with E-state index in [1.807, 2.05) is 0 Å². The molecule has 0 radical (unpaired) electrons. The molecule has 7 nitrogen and oxygen atoms in total. The second-order valence-corrected chi connectivity index (χ2v) is 8.31. The van der Waals surface area contributed by atoms with Crippen LogP contribution < -0.4 is 5.32 Å². The molecule has 2 rings (SSSR count). The fourth-order valence-corrected chi connectivity index (χ4v) is 2.32. The van der Waals surface area contributed by atoms with Crippen molar-refractivity contribution < 1.29 is 17.6 Å². The van der Waals surface area contributed by atoms with Crippen LogP contribution in [0.1, 0.15) is 32.2 Å². The molecule has 23 heavy (non-hydrogen) atoms. The molecule has 1 N–H and O–H groups in total. The topological polar surface area (TPSA) is 102 Å². The first-order valence-electron chi connectivity index (χ1n) is 6.98. The largest absolute Gasteiger partial charge is 0.407 e. The van der Waals surface area contributed by atoms with Gasteiger partial charge in [-0.1, -0.05) is 38.0 Å². The summed E-state index contributed by atoms with van der Waals surface area (Å²) < 4.78 is 28.2. The number of hydrogen-bond acceptors (Lipinski definition) is 6. The molecule has 0 fully saturated rings. The van der Waals surface area contributed by atoms with E-state index in [4.69, 9.17) is 4.42 Å². The van der Waals surface area contributed by atoms with E-state index in [2.05, 4.69) is 15.5 Å². The van der Waals surface area contributed by atoms with Gasteiger partial charge in [-0.05, 0) is 17.7 Å². The number of nitrogens with zero attached hydrogens (tertiary/aromatic N) is 2. The van der Waals surface area contributed by atoms with Crippen molar-refractivity contribution in [1.82, 2.24) is 10.2 Å². The number of benzene rings is 1. The number of amides is 1. The lowest BCUT2D eigenvalue weighted by atomic mass is 9.96. The number of hydrogen-bond donors (Lipinski definition) is 1. The smallest absolute Gasteiger partial charge is 0.322 e. The second-order valence-electron chi connectivity index (χ2n) is 6.30. The average Bonchev–Trinajstić information content (AvgIpc) is 2.84. The number of nitrogens with one attached hydrogen (secondary N) is 1. The van der Waals surface area contributed by atoms with Gasteiger partial charge in [0.15, 0.2) is 9.84 Å². The molecule has 0 aliphatic carbocycles. The Labute approximate surface area is 135 Å². The number of carbonyl (C=O) groups excluding carboxylic acids is 1. The molecule has 0 unspecified atom stereocenters. The molecular formula is C15H19N3O4S. The number of rotatable bonds is 4. The van der Waals surface area contributed by atoms with Gasteiger partial charge in [0, 0.05) is 11.7 Å². The van der Waals surface area contributed by atoms with E-state index < -0.39 is 15.3 Å². The minimum absolute atomic E-state index is 0.0488. The number of aromatic nitrogens is 2. The predicted octanol–water partition coefficient (Wildman–Crippen LogP) is 2.05. The van der Waals surface area contributed by atoms with Crippen LogP contribution in [0.15, 0.2) is 33.6 Å². The van der Waals surface area contributed by atoms with Crippen molar-refractivity contribution in [1.29, 1.82) is 0 Å². The first-order valence-corrected chi connectivity index (χ1v) is 8.88. The van der Waals surface area contributed by atoms with Gasteiger partial charge in [0.2, 0.25) is 11.8 Å². The van der Waals surface area contributed by atoms with Crippen molar-refractivity contribution in [2.75, 3.05) is 11.6 Å². The lowest BCUT2D eigenvalue weighted by Crippen LogP contribution is -2.27. The first-order chi connectivity index (χ1) is 10.6. The predicted molar refractivity (Wildman–Crippen MR) is 84.7 cm³/mol.